The van der Waals surface area contributed by atoms with Crippen LogP contribution in [0, 0.1) is 11.3 Å². The zero-order chi connectivity index (χ0) is 11.3. The van der Waals surface area contributed by atoms with Crippen LogP contribution < -0.4 is 0 Å². The summed E-state index contributed by atoms with van der Waals surface area (Å²) < 4.78 is 0.705. The molecule has 0 aliphatic carbocycles. The first-order valence-corrected chi connectivity index (χ1v) is 5.01. The monoisotopic (exact) mass is 265 g/mol. The second-order valence-electron chi connectivity index (χ2n) is 2.81. The molecule has 0 bridgehead atoms. The average Bonchev–Trinajstić information content (AvgIpc) is 2.20. The van der Waals surface area contributed by atoms with E-state index in [9.17, 15) is 4.79 Å². The molecule has 0 saturated carbocycles. The number of aromatic carboxylic acids is 1. The molecule has 0 aliphatic heterocycles. The Morgan fingerprint density at radius 2 is 2.33 bits per heavy atom. The number of carboxylic acids is 1. The van der Waals surface area contributed by atoms with Gasteiger partial charge in [0.05, 0.1) is 18.1 Å². The predicted molar refractivity (Wildman–Crippen MR) is 60.4 cm³/mol. The summed E-state index contributed by atoms with van der Waals surface area (Å²) in [6, 6.07) is 6.75. The maximum Gasteiger partial charge on any atom is 0.335 e. The van der Waals surface area contributed by atoms with Crippen molar-refractivity contribution in [2.24, 2.45) is 0 Å². The maximum absolute atomic E-state index is 10.6. The van der Waals surface area contributed by atoms with Gasteiger partial charge in [0.15, 0.2) is 0 Å². The van der Waals surface area contributed by atoms with E-state index in [4.69, 9.17) is 10.4 Å². The summed E-state index contributed by atoms with van der Waals surface area (Å²) in [5.74, 6) is -0.955. The van der Waals surface area contributed by atoms with Crippen LogP contribution in [-0.2, 0) is 0 Å². The van der Waals surface area contributed by atoms with E-state index in [-0.39, 0.29) is 5.56 Å². The van der Waals surface area contributed by atoms with Crippen molar-refractivity contribution in [3.8, 4) is 6.07 Å². The average molecular weight is 266 g/mol. The van der Waals surface area contributed by atoms with Gasteiger partial charge in [-0.15, -0.1) is 0 Å². The van der Waals surface area contributed by atoms with Gasteiger partial charge in [0.2, 0.25) is 0 Å². The highest BCUT2D eigenvalue weighted by Gasteiger charge is 2.04. The Hall–Kier alpha value is -1.60. The molecule has 0 saturated heterocycles. The molecule has 1 rings (SSSR count). The van der Waals surface area contributed by atoms with E-state index >= 15 is 0 Å². The van der Waals surface area contributed by atoms with Crippen molar-refractivity contribution < 1.29 is 9.90 Å². The van der Waals surface area contributed by atoms with Gasteiger partial charge >= 0.3 is 5.97 Å². The van der Waals surface area contributed by atoms with Crippen molar-refractivity contribution in [3.63, 3.8) is 0 Å². The summed E-state index contributed by atoms with van der Waals surface area (Å²) in [7, 11) is 0. The SMILES string of the molecule is N#CCC=Cc1ccc(C(=O)O)cc1Br. The van der Waals surface area contributed by atoms with Gasteiger partial charge in [-0.2, -0.15) is 5.26 Å². The minimum absolute atomic E-state index is 0.235. The molecular weight excluding hydrogens is 258 g/mol. The maximum atomic E-state index is 10.6. The van der Waals surface area contributed by atoms with Crippen molar-refractivity contribution in [1.29, 1.82) is 5.26 Å². The Bertz CT molecular complexity index is 446. The lowest BCUT2D eigenvalue weighted by atomic mass is 10.1. The van der Waals surface area contributed by atoms with E-state index in [1.165, 1.54) is 12.1 Å². The molecule has 76 valence electrons. The fourth-order valence-electron chi connectivity index (χ4n) is 1.03. The van der Waals surface area contributed by atoms with Gasteiger partial charge < -0.3 is 5.11 Å². The summed E-state index contributed by atoms with van der Waals surface area (Å²) in [6.07, 6.45) is 3.84. The molecule has 0 spiro atoms. The van der Waals surface area contributed by atoms with E-state index in [2.05, 4.69) is 15.9 Å². The first kappa shape index (κ1) is 11.5. The molecule has 15 heavy (non-hydrogen) atoms. The number of nitrogens with zero attached hydrogens (tertiary/aromatic N) is 1. The minimum Gasteiger partial charge on any atom is -0.478 e. The fourth-order valence-corrected chi connectivity index (χ4v) is 1.54. The Morgan fingerprint density at radius 1 is 1.60 bits per heavy atom. The number of allylic oxidation sites excluding steroid dienone is 1. The number of carbonyl (C=O) groups is 1. The number of hydrogen-bond donors (Lipinski definition) is 1. The molecule has 0 aromatic heterocycles. The van der Waals surface area contributed by atoms with E-state index in [1.54, 1.807) is 18.2 Å². The Balaban J connectivity index is 2.94. The highest BCUT2D eigenvalue weighted by atomic mass is 79.9. The molecule has 0 heterocycles. The van der Waals surface area contributed by atoms with Gasteiger partial charge in [-0.25, -0.2) is 4.79 Å². The molecule has 0 unspecified atom stereocenters. The fraction of sp³-hybridized carbons (Fsp3) is 0.0909. The van der Waals surface area contributed by atoms with Crippen LogP contribution >= 0.6 is 15.9 Å². The third-order valence-electron chi connectivity index (χ3n) is 1.75. The van der Waals surface area contributed by atoms with Gasteiger partial charge in [0, 0.05) is 4.47 Å². The van der Waals surface area contributed by atoms with Crippen LogP contribution in [0.1, 0.15) is 22.3 Å². The summed E-state index contributed by atoms with van der Waals surface area (Å²) in [4.78, 5) is 10.6. The largest absolute Gasteiger partial charge is 0.478 e. The van der Waals surface area contributed by atoms with E-state index in [1.807, 2.05) is 6.07 Å². The molecule has 3 nitrogen and oxygen atoms in total. The lowest BCUT2D eigenvalue weighted by Crippen LogP contribution is -1.95. The van der Waals surface area contributed by atoms with Crippen molar-refractivity contribution in [2.45, 2.75) is 6.42 Å². The molecule has 0 radical (unpaired) electrons. The van der Waals surface area contributed by atoms with E-state index in [0.717, 1.165) is 5.56 Å². The Labute approximate surface area is 95.8 Å². The number of benzene rings is 1. The Kier molecular flexibility index (Phi) is 4.07. The zero-order valence-electron chi connectivity index (χ0n) is 7.77. The standard InChI is InChI=1S/C11H8BrNO2/c12-10-7-9(11(14)15)5-4-8(10)3-1-2-6-13/h1,3-5,7H,2H2,(H,14,15). The van der Waals surface area contributed by atoms with Crippen LogP contribution in [0.4, 0.5) is 0 Å². The summed E-state index contributed by atoms with van der Waals surface area (Å²) in [6.45, 7) is 0. The van der Waals surface area contributed by atoms with Crippen LogP contribution in [0.3, 0.4) is 0 Å². The summed E-state index contributed by atoms with van der Waals surface area (Å²) in [5, 5.41) is 17.1. The summed E-state index contributed by atoms with van der Waals surface area (Å²) >= 11 is 3.27. The normalized spacial score (nSPS) is 10.1. The minimum atomic E-state index is -0.955. The molecule has 1 aromatic carbocycles. The lowest BCUT2D eigenvalue weighted by molar-refractivity contribution is 0.0697. The van der Waals surface area contributed by atoms with Crippen LogP contribution in [0.5, 0.6) is 0 Å². The van der Waals surface area contributed by atoms with Crippen LogP contribution in [0.2, 0.25) is 0 Å². The van der Waals surface area contributed by atoms with Crippen LogP contribution in [0.25, 0.3) is 6.08 Å². The first-order chi connectivity index (χ1) is 7.15. The zero-order valence-corrected chi connectivity index (χ0v) is 9.36. The van der Waals surface area contributed by atoms with Crippen molar-refractivity contribution in [1.82, 2.24) is 0 Å². The van der Waals surface area contributed by atoms with Crippen LogP contribution in [-0.4, -0.2) is 11.1 Å². The molecule has 0 aliphatic rings. The topological polar surface area (TPSA) is 61.1 Å². The van der Waals surface area contributed by atoms with Gasteiger partial charge in [-0.05, 0) is 17.7 Å². The van der Waals surface area contributed by atoms with Gasteiger partial charge in [0.25, 0.3) is 0 Å². The van der Waals surface area contributed by atoms with Gasteiger partial charge in [0.1, 0.15) is 0 Å². The van der Waals surface area contributed by atoms with Gasteiger partial charge in [-0.1, -0.05) is 34.1 Å². The number of nitriles is 1. The summed E-state index contributed by atoms with van der Waals surface area (Å²) in [5.41, 5.74) is 1.09. The smallest absolute Gasteiger partial charge is 0.335 e. The lowest BCUT2D eigenvalue weighted by Gasteiger charge is -2.00. The quantitative estimate of drug-likeness (QED) is 0.914. The molecule has 0 atom stereocenters. The molecular formula is C11H8BrNO2. The highest BCUT2D eigenvalue weighted by molar-refractivity contribution is 9.10. The number of rotatable bonds is 3. The third kappa shape index (κ3) is 3.22. The van der Waals surface area contributed by atoms with E-state index in [0.29, 0.717) is 10.9 Å². The number of carboxylic acid groups (broad SMARTS) is 1. The van der Waals surface area contributed by atoms with Gasteiger partial charge in [-0.3, -0.25) is 0 Å². The third-order valence-corrected chi connectivity index (χ3v) is 2.44. The Morgan fingerprint density at radius 3 is 2.87 bits per heavy atom. The molecule has 1 N–H and O–H groups in total. The van der Waals surface area contributed by atoms with Crippen LogP contribution in [0.15, 0.2) is 28.7 Å². The molecule has 1 aromatic rings. The van der Waals surface area contributed by atoms with E-state index < -0.39 is 5.97 Å². The number of halogens is 1. The van der Waals surface area contributed by atoms with Crippen molar-refractivity contribution in [3.05, 3.63) is 39.9 Å². The van der Waals surface area contributed by atoms with Crippen molar-refractivity contribution >= 4 is 28.0 Å². The second-order valence-corrected chi connectivity index (χ2v) is 3.66. The molecule has 0 amide bonds. The molecule has 4 heteroatoms. The number of hydrogen-bond acceptors (Lipinski definition) is 2. The first-order valence-electron chi connectivity index (χ1n) is 4.21. The molecule has 0 fully saturated rings. The predicted octanol–water partition coefficient (Wildman–Crippen LogP) is 3.07. The highest BCUT2D eigenvalue weighted by Crippen LogP contribution is 2.20. The van der Waals surface area contributed by atoms with Crippen molar-refractivity contribution in [2.75, 3.05) is 0 Å². The second kappa shape index (κ2) is 5.32.